The zero-order valence-corrected chi connectivity index (χ0v) is 13.5. The lowest BCUT2D eigenvalue weighted by Gasteiger charge is -2.21. The maximum absolute atomic E-state index is 12.0. The number of rotatable bonds is 5. The van der Waals surface area contributed by atoms with Gasteiger partial charge >= 0.3 is 0 Å². The van der Waals surface area contributed by atoms with Gasteiger partial charge in [-0.3, -0.25) is 9.59 Å². The summed E-state index contributed by atoms with van der Waals surface area (Å²) in [6.45, 7) is 0.757. The van der Waals surface area contributed by atoms with Gasteiger partial charge in [-0.05, 0) is 49.1 Å². The van der Waals surface area contributed by atoms with Crippen molar-refractivity contribution in [3.05, 3.63) is 52.4 Å². The smallest absolute Gasteiger partial charge is 0.276 e. The highest BCUT2D eigenvalue weighted by molar-refractivity contribution is 6.02. The van der Waals surface area contributed by atoms with Crippen LogP contribution in [0.2, 0.25) is 0 Å². The maximum Gasteiger partial charge on any atom is 0.276 e. The number of ether oxygens (including phenoxy) is 1. The molecule has 1 aliphatic rings. The third-order valence-electron chi connectivity index (χ3n) is 4.23. The molecule has 1 aromatic heterocycles. The Labute approximate surface area is 140 Å². The number of aromatic nitrogens is 2. The van der Waals surface area contributed by atoms with E-state index in [-0.39, 0.29) is 17.2 Å². The van der Waals surface area contributed by atoms with Crippen molar-refractivity contribution in [3.63, 3.8) is 0 Å². The van der Waals surface area contributed by atoms with Crippen molar-refractivity contribution in [2.75, 3.05) is 11.9 Å². The van der Waals surface area contributed by atoms with Gasteiger partial charge in [0, 0.05) is 11.8 Å². The highest BCUT2D eigenvalue weighted by Crippen LogP contribution is 2.25. The molecule has 0 radical (unpaired) electrons. The van der Waals surface area contributed by atoms with E-state index in [2.05, 4.69) is 15.5 Å². The number of H-pyrrole nitrogens is 1. The number of hydrogen-bond acceptors (Lipinski definition) is 4. The molecule has 0 bridgehead atoms. The topological polar surface area (TPSA) is 84.1 Å². The molecule has 1 saturated carbocycles. The van der Waals surface area contributed by atoms with Crippen LogP contribution in [0.15, 0.2) is 41.2 Å². The van der Waals surface area contributed by atoms with Gasteiger partial charge in [-0.2, -0.15) is 5.10 Å². The zero-order valence-electron chi connectivity index (χ0n) is 13.5. The predicted octanol–water partition coefficient (Wildman–Crippen LogP) is 2.98. The Kier molecular flexibility index (Phi) is 5.25. The average molecular weight is 327 g/mol. The van der Waals surface area contributed by atoms with Crippen LogP contribution in [-0.4, -0.2) is 22.7 Å². The van der Waals surface area contributed by atoms with Gasteiger partial charge in [0.2, 0.25) is 0 Å². The molecule has 6 nitrogen and oxygen atoms in total. The molecule has 1 amide bonds. The largest absolute Gasteiger partial charge is 0.493 e. The van der Waals surface area contributed by atoms with Crippen molar-refractivity contribution in [2.45, 2.75) is 32.1 Å². The van der Waals surface area contributed by atoms with Crippen LogP contribution in [0.3, 0.4) is 0 Å². The normalized spacial score (nSPS) is 15.0. The van der Waals surface area contributed by atoms with Crippen molar-refractivity contribution < 1.29 is 9.53 Å². The van der Waals surface area contributed by atoms with Crippen LogP contribution in [0, 0.1) is 5.92 Å². The van der Waals surface area contributed by atoms with E-state index in [1.165, 1.54) is 44.2 Å². The second kappa shape index (κ2) is 7.77. The Bertz CT molecular complexity index is 713. The molecule has 3 rings (SSSR count). The van der Waals surface area contributed by atoms with E-state index in [1.54, 1.807) is 12.1 Å². The van der Waals surface area contributed by atoms with E-state index in [9.17, 15) is 9.59 Å². The van der Waals surface area contributed by atoms with Crippen molar-refractivity contribution >= 4 is 11.6 Å². The number of carbonyl (C=O) groups excluding carboxylic acids is 1. The summed E-state index contributed by atoms with van der Waals surface area (Å²) >= 11 is 0. The first-order valence-corrected chi connectivity index (χ1v) is 8.31. The molecule has 2 aromatic rings. The SMILES string of the molecule is O=C(Nc1ccc(OCC2CCCCC2)cc1)c1ccc(=O)[nH]n1. The second-order valence-electron chi connectivity index (χ2n) is 6.10. The van der Waals surface area contributed by atoms with E-state index in [1.807, 2.05) is 12.1 Å². The lowest BCUT2D eigenvalue weighted by molar-refractivity contribution is 0.102. The Morgan fingerprint density at radius 1 is 1.12 bits per heavy atom. The van der Waals surface area contributed by atoms with E-state index in [4.69, 9.17) is 4.74 Å². The van der Waals surface area contributed by atoms with Gasteiger partial charge in [0.15, 0.2) is 0 Å². The van der Waals surface area contributed by atoms with Gasteiger partial charge < -0.3 is 10.1 Å². The van der Waals surface area contributed by atoms with Crippen LogP contribution in [0.5, 0.6) is 5.75 Å². The summed E-state index contributed by atoms with van der Waals surface area (Å²) < 4.78 is 5.84. The fraction of sp³-hybridized carbons (Fsp3) is 0.389. The van der Waals surface area contributed by atoms with Crippen LogP contribution >= 0.6 is 0 Å². The van der Waals surface area contributed by atoms with E-state index >= 15 is 0 Å². The molecule has 0 saturated heterocycles. The summed E-state index contributed by atoms with van der Waals surface area (Å²) in [6.07, 6.45) is 6.45. The lowest BCUT2D eigenvalue weighted by atomic mass is 9.90. The number of amides is 1. The molecule has 1 aliphatic carbocycles. The van der Waals surface area contributed by atoms with Crippen molar-refractivity contribution in [1.29, 1.82) is 0 Å². The first-order chi connectivity index (χ1) is 11.7. The molecule has 1 aromatic carbocycles. The fourth-order valence-electron chi connectivity index (χ4n) is 2.87. The molecular weight excluding hydrogens is 306 g/mol. The van der Waals surface area contributed by atoms with Gasteiger partial charge in [0.1, 0.15) is 11.4 Å². The highest BCUT2D eigenvalue weighted by atomic mass is 16.5. The molecule has 2 N–H and O–H groups in total. The zero-order chi connectivity index (χ0) is 16.8. The Morgan fingerprint density at radius 2 is 1.88 bits per heavy atom. The minimum Gasteiger partial charge on any atom is -0.493 e. The summed E-state index contributed by atoms with van der Waals surface area (Å²) in [6, 6.07) is 9.93. The van der Waals surface area contributed by atoms with Crippen LogP contribution in [-0.2, 0) is 0 Å². The number of nitrogens with one attached hydrogen (secondary N) is 2. The highest BCUT2D eigenvalue weighted by Gasteiger charge is 2.14. The minimum absolute atomic E-state index is 0.159. The molecule has 126 valence electrons. The molecule has 24 heavy (non-hydrogen) atoms. The predicted molar refractivity (Wildman–Crippen MR) is 91.3 cm³/mol. The second-order valence-corrected chi connectivity index (χ2v) is 6.10. The van der Waals surface area contributed by atoms with E-state index < -0.39 is 0 Å². The van der Waals surface area contributed by atoms with Gasteiger partial charge in [-0.25, -0.2) is 5.10 Å². The first kappa shape index (κ1) is 16.2. The molecule has 0 atom stereocenters. The quantitative estimate of drug-likeness (QED) is 0.884. The third kappa shape index (κ3) is 4.44. The lowest BCUT2D eigenvalue weighted by Crippen LogP contribution is -2.17. The maximum atomic E-state index is 12.0. The number of anilines is 1. The standard InChI is InChI=1S/C18H21N3O3/c22-17-11-10-16(20-21-17)18(23)19-14-6-8-15(9-7-14)24-12-13-4-2-1-3-5-13/h6-11,13H,1-5,12H2,(H,19,23)(H,21,22). The molecular formula is C18H21N3O3. The van der Waals surface area contributed by atoms with Crippen LogP contribution in [0.4, 0.5) is 5.69 Å². The number of hydrogen-bond donors (Lipinski definition) is 2. The molecule has 6 heteroatoms. The molecule has 1 heterocycles. The molecule has 0 unspecified atom stereocenters. The van der Waals surface area contributed by atoms with Crippen molar-refractivity contribution in [3.8, 4) is 5.75 Å². The Morgan fingerprint density at radius 3 is 2.54 bits per heavy atom. The van der Waals surface area contributed by atoms with Crippen molar-refractivity contribution in [2.24, 2.45) is 5.92 Å². The molecule has 0 aliphatic heterocycles. The van der Waals surface area contributed by atoms with Gasteiger partial charge in [0.25, 0.3) is 11.5 Å². The summed E-state index contributed by atoms with van der Waals surface area (Å²) in [5.41, 5.74) is 0.469. The summed E-state index contributed by atoms with van der Waals surface area (Å²) in [5, 5.41) is 8.67. The third-order valence-corrected chi connectivity index (χ3v) is 4.23. The van der Waals surface area contributed by atoms with Gasteiger partial charge in [0.05, 0.1) is 6.61 Å². The van der Waals surface area contributed by atoms with E-state index in [0.717, 1.165) is 12.4 Å². The summed E-state index contributed by atoms with van der Waals surface area (Å²) in [5.74, 6) is 1.09. The van der Waals surface area contributed by atoms with Gasteiger partial charge in [-0.1, -0.05) is 19.3 Å². The monoisotopic (exact) mass is 327 g/mol. The Hall–Kier alpha value is -2.63. The Balaban J connectivity index is 1.53. The van der Waals surface area contributed by atoms with Crippen LogP contribution in [0.25, 0.3) is 0 Å². The fourth-order valence-corrected chi connectivity index (χ4v) is 2.87. The molecule has 1 fully saturated rings. The van der Waals surface area contributed by atoms with Crippen LogP contribution < -0.4 is 15.6 Å². The van der Waals surface area contributed by atoms with Gasteiger partial charge in [-0.15, -0.1) is 0 Å². The minimum atomic E-state index is -0.373. The first-order valence-electron chi connectivity index (χ1n) is 8.31. The number of aromatic amines is 1. The van der Waals surface area contributed by atoms with Crippen LogP contribution in [0.1, 0.15) is 42.6 Å². The number of benzene rings is 1. The number of nitrogens with zero attached hydrogens (tertiary/aromatic N) is 1. The summed E-state index contributed by atoms with van der Waals surface area (Å²) in [4.78, 5) is 23.0. The average Bonchev–Trinajstić information content (AvgIpc) is 2.62. The van der Waals surface area contributed by atoms with Crippen molar-refractivity contribution in [1.82, 2.24) is 10.2 Å². The van der Waals surface area contributed by atoms with E-state index in [0.29, 0.717) is 11.6 Å². The molecule has 0 spiro atoms. The summed E-state index contributed by atoms with van der Waals surface area (Å²) in [7, 11) is 0. The number of carbonyl (C=O) groups is 1.